The Morgan fingerprint density at radius 2 is 1.83 bits per heavy atom. The first-order chi connectivity index (χ1) is 8.65. The molecule has 0 bridgehead atoms. The number of carbonyl (C=O) groups excluding carboxylic acids is 2. The van der Waals surface area contributed by atoms with Crippen molar-refractivity contribution in [3.63, 3.8) is 0 Å². The highest BCUT2D eigenvalue weighted by Crippen LogP contribution is 2.11. The van der Waals surface area contributed by atoms with Crippen molar-refractivity contribution in [3.8, 4) is 0 Å². The number of carbonyl (C=O) groups is 2. The van der Waals surface area contributed by atoms with Crippen LogP contribution in [-0.2, 0) is 11.3 Å². The summed E-state index contributed by atoms with van der Waals surface area (Å²) in [7, 11) is 0. The molecule has 1 aromatic heterocycles. The minimum atomic E-state index is -0.493. The summed E-state index contributed by atoms with van der Waals surface area (Å²) >= 11 is 0. The van der Waals surface area contributed by atoms with Gasteiger partial charge in [-0.05, 0) is 25.0 Å². The van der Waals surface area contributed by atoms with Crippen LogP contribution >= 0.6 is 0 Å². The van der Waals surface area contributed by atoms with Crippen LogP contribution in [0.5, 0.6) is 0 Å². The predicted octanol–water partition coefficient (Wildman–Crippen LogP) is 0.147. The van der Waals surface area contributed by atoms with Crippen molar-refractivity contribution >= 4 is 11.9 Å². The quantitative estimate of drug-likeness (QED) is 0.800. The van der Waals surface area contributed by atoms with E-state index < -0.39 is 6.03 Å². The van der Waals surface area contributed by atoms with Crippen LogP contribution in [-0.4, -0.2) is 40.5 Å². The van der Waals surface area contributed by atoms with Crippen molar-refractivity contribution in [2.75, 3.05) is 13.1 Å². The van der Waals surface area contributed by atoms with Crippen molar-refractivity contribution in [1.29, 1.82) is 0 Å². The molecule has 18 heavy (non-hydrogen) atoms. The Labute approximate surface area is 106 Å². The topological polar surface area (TPSA) is 80.4 Å². The molecule has 0 unspecified atom stereocenters. The van der Waals surface area contributed by atoms with E-state index in [1.165, 1.54) is 0 Å². The summed E-state index contributed by atoms with van der Waals surface area (Å²) in [6.07, 6.45) is 5.28. The molecule has 1 aromatic rings. The van der Waals surface area contributed by atoms with Gasteiger partial charge < -0.3 is 20.5 Å². The Morgan fingerprint density at radius 1 is 1.22 bits per heavy atom. The van der Waals surface area contributed by atoms with Gasteiger partial charge in [-0.1, -0.05) is 0 Å². The number of primary amides is 1. The fourth-order valence-electron chi connectivity index (χ4n) is 2.21. The van der Waals surface area contributed by atoms with E-state index in [2.05, 4.69) is 5.32 Å². The van der Waals surface area contributed by atoms with E-state index in [0.717, 1.165) is 12.8 Å². The van der Waals surface area contributed by atoms with Gasteiger partial charge in [0.1, 0.15) is 6.54 Å². The molecule has 6 heteroatoms. The molecule has 2 rings (SSSR count). The molecule has 0 atom stereocenters. The first kappa shape index (κ1) is 12.5. The Hall–Kier alpha value is -1.98. The lowest BCUT2D eigenvalue weighted by molar-refractivity contribution is -0.132. The highest BCUT2D eigenvalue weighted by molar-refractivity contribution is 5.76. The van der Waals surface area contributed by atoms with Crippen LogP contribution < -0.4 is 11.1 Å². The molecule has 1 aliphatic heterocycles. The molecule has 1 saturated heterocycles. The number of amides is 3. The number of hydrogen-bond acceptors (Lipinski definition) is 2. The average molecular weight is 250 g/mol. The number of nitrogens with one attached hydrogen (secondary N) is 1. The number of nitrogens with two attached hydrogens (primary N) is 1. The standard InChI is InChI=1S/C12H18N4O2/c13-12(18)14-10-3-7-16(8-4-10)11(17)9-15-5-1-2-6-15/h1-2,5-6,10H,3-4,7-9H2,(H3,13,14,18). The van der Waals surface area contributed by atoms with Gasteiger partial charge in [0, 0.05) is 31.5 Å². The largest absolute Gasteiger partial charge is 0.352 e. The normalized spacial score (nSPS) is 16.6. The molecular formula is C12H18N4O2. The Kier molecular flexibility index (Phi) is 3.86. The molecule has 1 aliphatic rings. The lowest BCUT2D eigenvalue weighted by atomic mass is 10.1. The zero-order valence-electron chi connectivity index (χ0n) is 10.2. The summed E-state index contributed by atoms with van der Waals surface area (Å²) < 4.78 is 1.86. The SMILES string of the molecule is NC(=O)NC1CCN(C(=O)Cn2cccc2)CC1. The van der Waals surface area contributed by atoms with Gasteiger partial charge in [0.2, 0.25) is 5.91 Å². The minimum Gasteiger partial charge on any atom is -0.352 e. The lowest BCUT2D eigenvalue weighted by Crippen LogP contribution is -2.48. The van der Waals surface area contributed by atoms with Gasteiger partial charge in [0.25, 0.3) is 0 Å². The Bertz CT molecular complexity index is 408. The predicted molar refractivity (Wildman–Crippen MR) is 66.8 cm³/mol. The molecule has 6 nitrogen and oxygen atoms in total. The molecule has 98 valence electrons. The van der Waals surface area contributed by atoms with Gasteiger partial charge in [0.05, 0.1) is 0 Å². The average Bonchev–Trinajstić information content (AvgIpc) is 2.82. The fraction of sp³-hybridized carbons (Fsp3) is 0.500. The number of rotatable bonds is 3. The maximum absolute atomic E-state index is 12.0. The summed E-state index contributed by atoms with van der Waals surface area (Å²) in [5.74, 6) is 0.115. The van der Waals surface area contributed by atoms with E-state index >= 15 is 0 Å². The van der Waals surface area contributed by atoms with Gasteiger partial charge in [-0.25, -0.2) is 4.79 Å². The number of piperidine rings is 1. The minimum absolute atomic E-state index is 0.0955. The second-order valence-electron chi connectivity index (χ2n) is 4.52. The van der Waals surface area contributed by atoms with Crippen molar-refractivity contribution in [1.82, 2.24) is 14.8 Å². The van der Waals surface area contributed by atoms with Gasteiger partial charge in [0.15, 0.2) is 0 Å². The van der Waals surface area contributed by atoms with E-state index in [-0.39, 0.29) is 11.9 Å². The van der Waals surface area contributed by atoms with Gasteiger partial charge in [-0.2, -0.15) is 0 Å². The summed E-state index contributed by atoms with van der Waals surface area (Å²) in [5, 5.41) is 2.68. The molecule has 3 N–H and O–H groups in total. The van der Waals surface area contributed by atoms with Crippen molar-refractivity contribution in [2.24, 2.45) is 5.73 Å². The van der Waals surface area contributed by atoms with Crippen LogP contribution in [0.15, 0.2) is 24.5 Å². The van der Waals surface area contributed by atoms with Gasteiger partial charge >= 0.3 is 6.03 Å². The van der Waals surface area contributed by atoms with Crippen LogP contribution in [0.1, 0.15) is 12.8 Å². The molecule has 0 aliphatic carbocycles. The molecule has 1 fully saturated rings. The zero-order chi connectivity index (χ0) is 13.0. The van der Waals surface area contributed by atoms with Gasteiger partial charge in [-0.15, -0.1) is 0 Å². The fourth-order valence-corrected chi connectivity index (χ4v) is 2.21. The van der Waals surface area contributed by atoms with E-state index in [1.807, 2.05) is 34.0 Å². The second kappa shape index (κ2) is 5.57. The van der Waals surface area contributed by atoms with E-state index in [0.29, 0.717) is 19.6 Å². The second-order valence-corrected chi connectivity index (χ2v) is 4.52. The highest BCUT2D eigenvalue weighted by Gasteiger charge is 2.23. The van der Waals surface area contributed by atoms with Crippen molar-refractivity contribution in [2.45, 2.75) is 25.4 Å². The number of aromatic nitrogens is 1. The monoisotopic (exact) mass is 250 g/mol. The molecule has 0 aromatic carbocycles. The molecule has 0 saturated carbocycles. The maximum atomic E-state index is 12.0. The van der Waals surface area contributed by atoms with Crippen LogP contribution in [0.3, 0.4) is 0 Å². The maximum Gasteiger partial charge on any atom is 0.312 e. The van der Waals surface area contributed by atoms with E-state index in [1.54, 1.807) is 0 Å². The smallest absolute Gasteiger partial charge is 0.312 e. The van der Waals surface area contributed by atoms with Crippen LogP contribution in [0, 0.1) is 0 Å². The highest BCUT2D eigenvalue weighted by atomic mass is 16.2. The molecule has 2 heterocycles. The lowest BCUT2D eigenvalue weighted by Gasteiger charge is -2.32. The molecule has 3 amide bonds. The number of hydrogen-bond donors (Lipinski definition) is 2. The van der Waals surface area contributed by atoms with Crippen molar-refractivity contribution in [3.05, 3.63) is 24.5 Å². The summed E-state index contributed by atoms with van der Waals surface area (Å²) in [6.45, 7) is 1.72. The van der Waals surface area contributed by atoms with E-state index in [4.69, 9.17) is 5.73 Å². The Balaban J connectivity index is 1.79. The summed E-state index contributed by atoms with van der Waals surface area (Å²) in [5.41, 5.74) is 5.07. The van der Waals surface area contributed by atoms with E-state index in [9.17, 15) is 9.59 Å². The Morgan fingerprint density at radius 3 is 2.39 bits per heavy atom. The summed E-state index contributed by atoms with van der Waals surface area (Å²) in [4.78, 5) is 24.5. The van der Waals surface area contributed by atoms with Crippen molar-refractivity contribution < 1.29 is 9.59 Å². The third-order valence-electron chi connectivity index (χ3n) is 3.18. The molecule has 0 radical (unpaired) electrons. The number of likely N-dealkylation sites (tertiary alicyclic amines) is 1. The zero-order valence-corrected chi connectivity index (χ0v) is 10.2. The third-order valence-corrected chi connectivity index (χ3v) is 3.18. The van der Waals surface area contributed by atoms with Crippen LogP contribution in [0.25, 0.3) is 0 Å². The number of nitrogens with zero attached hydrogens (tertiary/aromatic N) is 2. The first-order valence-corrected chi connectivity index (χ1v) is 6.09. The summed E-state index contributed by atoms with van der Waals surface area (Å²) in [6, 6.07) is 3.40. The molecular weight excluding hydrogens is 232 g/mol. The number of urea groups is 1. The first-order valence-electron chi connectivity index (χ1n) is 6.09. The third kappa shape index (κ3) is 3.26. The molecule has 0 spiro atoms. The van der Waals surface area contributed by atoms with Crippen LogP contribution in [0.4, 0.5) is 4.79 Å². The van der Waals surface area contributed by atoms with Crippen LogP contribution in [0.2, 0.25) is 0 Å². The van der Waals surface area contributed by atoms with Gasteiger partial charge in [-0.3, -0.25) is 4.79 Å².